The first-order valence-corrected chi connectivity index (χ1v) is 9.34. The Kier molecular flexibility index (Phi) is 5.04. The number of carbonyl (C=O) groups excluding carboxylic acids is 1. The number of nitrogens with one attached hydrogen (secondary N) is 1. The number of nitro groups is 1. The molecule has 2 aromatic carbocycles. The average Bonchev–Trinajstić information content (AvgIpc) is 3.55. The molecule has 152 valence electrons. The molecule has 1 aliphatic rings. The lowest BCUT2D eigenvalue weighted by atomic mass is 10.1. The molecule has 0 saturated heterocycles. The van der Waals surface area contributed by atoms with Gasteiger partial charge in [0.15, 0.2) is 0 Å². The number of non-ortho nitro benzene ring substituents is 1. The van der Waals surface area contributed by atoms with Crippen LogP contribution in [0.1, 0.15) is 34.8 Å². The van der Waals surface area contributed by atoms with Gasteiger partial charge in [0.05, 0.1) is 21.7 Å². The quantitative estimate of drug-likeness (QED) is 0.379. The zero-order valence-corrected chi connectivity index (χ0v) is 16.1. The average molecular weight is 429 g/mol. The molecule has 1 fully saturated rings. The molecule has 3 aromatic rings. The Hall–Kier alpha value is -3.59. The SMILES string of the molecule is O=C(N/N=C\c1cccc([N+](=O)[O-])c1)c1cn(C2CC2)c2cc(Cl)c(F)cc2c1=O. The number of rotatable bonds is 5. The summed E-state index contributed by atoms with van der Waals surface area (Å²) in [6, 6.07) is 8.20. The molecule has 0 aliphatic heterocycles. The second kappa shape index (κ2) is 7.68. The molecule has 1 heterocycles. The second-order valence-corrected chi connectivity index (χ2v) is 7.25. The molecule has 1 N–H and O–H groups in total. The van der Waals surface area contributed by atoms with Crippen molar-refractivity contribution in [2.45, 2.75) is 18.9 Å². The van der Waals surface area contributed by atoms with Crippen molar-refractivity contribution in [1.82, 2.24) is 9.99 Å². The summed E-state index contributed by atoms with van der Waals surface area (Å²) in [7, 11) is 0. The van der Waals surface area contributed by atoms with Gasteiger partial charge in [-0.3, -0.25) is 19.7 Å². The summed E-state index contributed by atoms with van der Waals surface area (Å²) in [5.74, 6) is -1.52. The van der Waals surface area contributed by atoms with E-state index in [0.29, 0.717) is 11.1 Å². The van der Waals surface area contributed by atoms with E-state index in [1.165, 1.54) is 36.7 Å². The van der Waals surface area contributed by atoms with E-state index in [2.05, 4.69) is 10.5 Å². The number of pyridine rings is 1. The molecule has 4 rings (SSSR count). The van der Waals surface area contributed by atoms with Crippen LogP contribution in [0.5, 0.6) is 0 Å². The maximum atomic E-state index is 13.9. The summed E-state index contributed by atoms with van der Waals surface area (Å²) in [5.41, 5.74) is 2.16. The highest BCUT2D eigenvalue weighted by molar-refractivity contribution is 6.31. The lowest BCUT2D eigenvalue weighted by Crippen LogP contribution is -2.27. The zero-order chi connectivity index (χ0) is 21.4. The molecule has 0 unspecified atom stereocenters. The summed E-state index contributed by atoms with van der Waals surface area (Å²) < 4.78 is 15.7. The number of nitrogens with zero attached hydrogens (tertiary/aromatic N) is 3. The van der Waals surface area contributed by atoms with Crippen LogP contribution in [-0.4, -0.2) is 21.6 Å². The molecule has 0 spiro atoms. The fourth-order valence-electron chi connectivity index (χ4n) is 3.11. The van der Waals surface area contributed by atoms with Gasteiger partial charge in [-0.15, -0.1) is 0 Å². The van der Waals surface area contributed by atoms with Crippen LogP contribution >= 0.6 is 11.6 Å². The Morgan fingerprint density at radius 1 is 1.33 bits per heavy atom. The predicted molar refractivity (Wildman–Crippen MR) is 110 cm³/mol. The minimum atomic E-state index is -0.770. The summed E-state index contributed by atoms with van der Waals surface area (Å²) in [4.78, 5) is 35.6. The summed E-state index contributed by atoms with van der Waals surface area (Å²) >= 11 is 5.87. The first kappa shape index (κ1) is 19.7. The monoisotopic (exact) mass is 428 g/mol. The molecule has 1 aliphatic carbocycles. The maximum absolute atomic E-state index is 13.9. The van der Waals surface area contributed by atoms with Crippen molar-refractivity contribution in [2.24, 2.45) is 5.10 Å². The van der Waals surface area contributed by atoms with E-state index >= 15 is 0 Å². The van der Waals surface area contributed by atoms with Crippen molar-refractivity contribution >= 4 is 40.3 Å². The maximum Gasteiger partial charge on any atom is 0.276 e. The molecule has 0 atom stereocenters. The molecular weight excluding hydrogens is 415 g/mol. The predicted octanol–water partition coefficient (Wildman–Crippen LogP) is 3.80. The Labute approximate surface area is 173 Å². The van der Waals surface area contributed by atoms with Gasteiger partial charge in [-0.05, 0) is 25.0 Å². The first-order chi connectivity index (χ1) is 14.3. The largest absolute Gasteiger partial charge is 0.343 e. The number of halogens is 2. The van der Waals surface area contributed by atoms with E-state index in [9.17, 15) is 24.1 Å². The molecule has 1 amide bonds. The lowest BCUT2D eigenvalue weighted by molar-refractivity contribution is -0.384. The van der Waals surface area contributed by atoms with Crippen LogP contribution in [0.15, 0.2) is 52.5 Å². The van der Waals surface area contributed by atoms with Crippen LogP contribution in [0.3, 0.4) is 0 Å². The zero-order valence-electron chi connectivity index (χ0n) is 15.3. The second-order valence-electron chi connectivity index (χ2n) is 6.85. The van der Waals surface area contributed by atoms with Crippen LogP contribution < -0.4 is 10.9 Å². The molecule has 10 heteroatoms. The summed E-state index contributed by atoms with van der Waals surface area (Å²) in [6.45, 7) is 0. The van der Waals surface area contributed by atoms with Gasteiger partial charge in [0.2, 0.25) is 5.43 Å². The number of fused-ring (bicyclic) bond motifs is 1. The Balaban J connectivity index is 1.66. The van der Waals surface area contributed by atoms with E-state index in [0.717, 1.165) is 18.9 Å². The number of hydrogen-bond acceptors (Lipinski definition) is 5. The Morgan fingerprint density at radius 3 is 2.80 bits per heavy atom. The van der Waals surface area contributed by atoms with Gasteiger partial charge in [-0.1, -0.05) is 23.7 Å². The van der Waals surface area contributed by atoms with Gasteiger partial charge in [-0.2, -0.15) is 5.10 Å². The van der Waals surface area contributed by atoms with Crippen molar-refractivity contribution in [3.63, 3.8) is 0 Å². The molecule has 0 radical (unpaired) electrons. The fourth-order valence-corrected chi connectivity index (χ4v) is 3.26. The van der Waals surface area contributed by atoms with Crippen LogP contribution in [0.2, 0.25) is 5.02 Å². The van der Waals surface area contributed by atoms with Gasteiger partial charge in [0.25, 0.3) is 11.6 Å². The van der Waals surface area contributed by atoms with Crippen LogP contribution in [-0.2, 0) is 0 Å². The van der Waals surface area contributed by atoms with Crippen LogP contribution in [0.4, 0.5) is 10.1 Å². The first-order valence-electron chi connectivity index (χ1n) is 8.97. The standard InChI is InChI=1S/C20H14ClFN4O4/c21-16-8-18-14(7-17(16)22)19(27)15(10-25(18)12-4-5-12)20(28)24-23-9-11-2-1-3-13(6-11)26(29)30/h1-3,6-10,12H,4-5H2,(H,24,28)/b23-9-. The van der Waals surface area contributed by atoms with Gasteiger partial charge in [0, 0.05) is 35.3 Å². The van der Waals surface area contributed by atoms with E-state index in [1.54, 1.807) is 10.6 Å². The number of amides is 1. The van der Waals surface area contributed by atoms with E-state index in [1.807, 2.05) is 0 Å². The topological polar surface area (TPSA) is 107 Å². The molecule has 8 nitrogen and oxygen atoms in total. The van der Waals surface area contributed by atoms with Gasteiger partial charge in [0.1, 0.15) is 11.4 Å². The third kappa shape index (κ3) is 3.79. The fraction of sp³-hybridized carbons (Fsp3) is 0.150. The number of carbonyl (C=O) groups is 1. The minimum absolute atomic E-state index is 0.0547. The number of aromatic nitrogens is 1. The molecule has 1 saturated carbocycles. The number of nitro benzene ring substituents is 1. The molecule has 0 bridgehead atoms. The van der Waals surface area contributed by atoms with Gasteiger partial charge in [-0.25, -0.2) is 9.82 Å². The van der Waals surface area contributed by atoms with E-state index in [4.69, 9.17) is 11.6 Å². The summed E-state index contributed by atoms with van der Waals surface area (Å²) in [5, 5.41) is 14.5. The highest BCUT2D eigenvalue weighted by Gasteiger charge is 2.27. The van der Waals surface area contributed by atoms with Crippen LogP contribution in [0.25, 0.3) is 10.9 Å². The normalized spacial score (nSPS) is 13.7. The molecular formula is C20H14ClFN4O4. The highest BCUT2D eigenvalue weighted by atomic mass is 35.5. The third-order valence-corrected chi connectivity index (χ3v) is 5.01. The van der Waals surface area contributed by atoms with E-state index in [-0.39, 0.29) is 27.7 Å². The summed E-state index contributed by atoms with van der Waals surface area (Å²) in [6.07, 6.45) is 4.40. The van der Waals surface area contributed by atoms with Gasteiger partial charge < -0.3 is 4.57 Å². The van der Waals surface area contributed by atoms with Gasteiger partial charge >= 0.3 is 0 Å². The smallest absolute Gasteiger partial charge is 0.276 e. The Bertz CT molecular complexity index is 1280. The minimum Gasteiger partial charge on any atom is -0.343 e. The third-order valence-electron chi connectivity index (χ3n) is 4.72. The molecule has 30 heavy (non-hydrogen) atoms. The van der Waals surface area contributed by atoms with Crippen molar-refractivity contribution in [1.29, 1.82) is 0 Å². The van der Waals surface area contributed by atoms with Crippen molar-refractivity contribution in [2.75, 3.05) is 0 Å². The van der Waals surface area contributed by atoms with Crippen molar-refractivity contribution < 1.29 is 14.1 Å². The number of hydrazone groups is 1. The van der Waals surface area contributed by atoms with Crippen LogP contribution in [0, 0.1) is 15.9 Å². The molecule has 1 aromatic heterocycles. The van der Waals surface area contributed by atoms with Crippen molar-refractivity contribution in [3.8, 4) is 0 Å². The number of hydrogen-bond donors (Lipinski definition) is 1. The highest BCUT2D eigenvalue weighted by Crippen LogP contribution is 2.37. The van der Waals surface area contributed by atoms with Crippen molar-refractivity contribution in [3.05, 3.63) is 84.9 Å². The Morgan fingerprint density at radius 2 is 2.10 bits per heavy atom. The number of benzene rings is 2. The van der Waals surface area contributed by atoms with E-state index < -0.39 is 22.1 Å². The lowest BCUT2D eigenvalue weighted by Gasteiger charge is -2.12.